The third-order valence-electron chi connectivity index (χ3n) is 13.1. The van der Waals surface area contributed by atoms with Crippen LogP contribution in [0.25, 0.3) is 66.1 Å². The van der Waals surface area contributed by atoms with E-state index in [9.17, 15) is 0 Å². The van der Waals surface area contributed by atoms with Crippen molar-refractivity contribution in [2.75, 3.05) is 4.90 Å². The van der Waals surface area contributed by atoms with Gasteiger partial charge in [0.05, 0.1) is 5.41 Å². The minimum atomic E-state index is -0.430. The second kappa shape index (κ2) is 13.7. The first-order chi connectivity index (χ1) is 30.7. The molecule has 0 radical (unpaired) electrons. The Morgan fingerprint density at radius 3 is 1.74 bits per heavy atom. The molecule has 0 N–H and O–H groups in total. The van der Waals surface area contributed by atoms with Crippen LogP contribution < -0.4 is 4.90 Å². The largest absolute Gasteiger partial charge is 0.455 e. The predicted molar refractivity (Wildman–Crippen MR) is 258 cm³/mol. The number of fused-ring (bicyclic) bond motifs is 13. The van der Waals surface area contributed by atoms with Gasteiger partial charge in [0.25, 0.3) is 0 Å². The molecule has 0 unspecified atom stereocenters. The topological polar surface area (TPSA) is 16.4 Å². The second-order valence-corrected chi connectivity index (χ2v) is 17.4. The molecule has 3 heteroatoms. The van der Waals surface area contributed by atoms with Crippen LogP contribution in [0.3, 0.4) is 0 Å². The fraction of sp³-hybridized carbons (Fsp3) is 0.0169. The van der Waals surface area contributed by atoms with E-state index in [1.807, 2.05) is 11.8 Å². The Kier molecular flexibility index (Phi) is 7.79. The summed E-state index contributed by atoms with van der Waals surface area (Å²) < 4.78 is 6.75. The molecule has 13 rings (SSSR count). The lowest BCUT2D eigenvalue weighted by atomic mass is 9.67. The lowest BCUT2D eigenvalue weighted by Crippen LogP contribution is -2.32. The molecular weight excluding hydrogens is 771 g/mol. The van der Waals surface area contributed by atoms with Crippen molar-refractivity contribution >= 4 is 61.5 Å². The highest BCUT2D eigenvalue weighted by atomic mass is 32.2. The standard InChI is InChI=1S/C59H37NOS/c1-2-17-41(18-3-1)60(42-33-34-54-57(37-42)62-56-28-13-11-26-53(56)59(54)51-24-9-6-20-46(51)47-21-7-10-25-52(47)59)43-35-49(58-50(36-43)48-22-8-12-27-55(48)61-58)40-31-29-39(30-32-40)45-23-14-16-38-15-4-5-19-44(38)45/h1-37H. The first-order valence-electron chi connectivity index (χ1n) is 21.2. The van der Waals surface area contributed by atoms with Crippen LogP contribution >= 0.6 is 11.8 Å². The number of furan rings is 1. The fourth-order valence-electron chi connectivity index (χ4n) is 10.5. The molecule has 11 aromatic rings. The maximum Gasteiger partial charge on any atom is 0.143 e. The van der Waals surface area contributed by atoms with E-state index in [1.54, 1.807) is 0 Å². The minimum Gasteiger partial charge on any atom is -0.455 e. The van der Waals surface area contributed by atoms with Gasteiger partial charge in [-0.1, -0.05) is 188 Å². The molecule has 0 bridgehead atoms. The van der Waals surface area contributed by atoms with Gasteiger partial charge in [-0.25, -0.2) is 0 Å². The quantitative estimate of drug-likeness (QED) is 0.172. The van der Waals surface area contributed by atoms with E-state index in [0.29, 0.717) is 0 Å². The van der Waals surface area contributed by atoms with Crippen LogP contribution in [0.5, 0.6) is 0 Å². The predicted octanol–water partition coefficient (Wildman–Crippen LogP) is 16.4. The van der Waals surface area contributed by atoms with Crippen molar-refractivity contribution in [3.63, 3.8) is 0 Å². The maximum absolute atomic E-state index is 6.75. The van der Waals surface area contributed by atoms with Crippen molar-refractivity contribution in [2.45, 2.75) is 15.2 Å². The van der Waals surface area contributed by atoms with Gasteiger partial charge in [0.15, 0.2) is 0 Å². The van der Waals surface area contributed by atoms with Crippen LogP contribution in [0, 0.1) is 0 Å². The molecule has 0 saturated heterocycles. The molecule has 0 fully saturated rings. The first-order valence-corrected chi connectivity index (χ1v) is 22.1. The normalized spacial score (nSPS) is 13.2. The Labute approximate surface area is 364 Å². The summed E-state index contributed by atoms with van der Waals surface area (Å²) in [4.78, 5) is 4.96. The van der Waals surface area contributed by atoms with Crippen molar-refractivity contribution in [3.8, 4) is 33.4 Å². The average molecular weight is 808 g/mol. The van der Waals surface area contributed by atoms with Crippen molar-refractivity contribution in [2.24, 2.45) is 0 Å². The van der Waals surface area contributed by atoms with Gasteiger partial charge in [0, 0.05) is 43.2 Å². The Bertz CT molecular complexity index is 3520. The first kappa shape index (κ1) is 35.2. The van der Waals surface area contributed by atoms with Crippen LogP contribution in [0.4, 0.5) is 17.1 Å². The smallest absolute Gasteiger partial charge is 0.143 e. The molecular formula is C59H37NOS. The number of anilines is 3. The zero-order valence-electron chi connectivity index (χ0n) is 33.6. The lowest BCUT2D eigenvalue weighted by Gasteiger charge is -2.40. The maximum atomic E-state index is 6.75. The third kappa shape index (κ3) is 5.12. The van der Waals surface area contributed by atoms with E-state index in [0.717, 1.165) is 50.1 Å². The number of hydrogen-bond donors (Lipinski definition) is 0. The van der Waals surface area contributed by atoms with Gasteiger partial charge in [-0.3, -0.25) is 0 Å². The summed E-state index contributed by atoms with van der Waals surface area (Å²) in [6.45, 7) is 0. The van der Waals surface area contributed by atoms with E-state index < -0.39 is 5.41 Å². The van der Waals surface area contributed by atoms with Crippen molar-refractivity contribution < 1.29 is 4.42 Å². The highest BCUT2D eigenvalue weighted by Gasteiger charge is 2.50. The molecule has 1 spiro atoms. The molecule has 0 atom stereocenters. The Morgan fingerprint density at radius 1 is 0.355 bits per heavy atom. The van der Waals surface area contributed by atoms with Crippen LogP contribution in [0.1, 0.15) is 22.3 Å². The molecule has 1 aliphatic heterocycles. The second-order valence-electron chi connectivity index (χ2n) is 16.4. The minimum absolute atomic E-state index is 0.430. The number of benzene rings is 10. The molecule has 0 saturated carbocycles. The average Bonchev–Trinajstić information content (AvgIpc) is 3.86. The number of nitrogens with zero attached hydrogens (tertiary/aromatic N) is 1. The summed E-state index contributed by atoms with van der Waals surface area (Å²) in [5.41, 5.74) is 17.1. The van der Waals surface area contributed by atoms with Crippen LogP contribution in [0.15, 0.2) is 239 Å². The molecule has 2 nitrogen and oxygen atoms in total. The molecule has 10 aromatic carbocycles. The van der Waals surface area contributed by atoms with E-state index in [2.05, 4.69) is 229 Å². The van der Waals surface area contributed by atoms with Gasteiger partial charge in [-0.05, 0) is 109 Å². The molecule has 62 heavy (non-hydrogen) atoms. The monoisotopic (exact) mass is 807 g/mol. The molecule has 2 heterocycles. The van der Waals surface area contributed by atoms with Crippen molar-refractivity contribution in [3.05, 3.63) is 247 Å². The van der Waals surface area contributed by atoms with Crippen molar-refractivity contribution in [1.29, 1.82) is 0 Å². The summed E-state index contributed by atoms with van der Waals surface area (Å²) in [5.74, 6) is 0. The highest BCUT2D eigenvalue weighted by molar-refractivity contribution is 7.99. The number of rotatable bonds is 5. The summed E-state index contributed by atoms with van der Waals surface area (Å²) in [5, 5.41) is 4.68. The fourth-order valence-corrected chi connectivity index (χ4v) is 11.7. The lowest BCUT2D eigenvalue weighted by molar-refractivity contribution is 0.670. The molecule has 1 aliphatic carbocycles. The van der Waals surface area contributed by atoms with E-state index in [4.69, 9.17) is 4.42 Å². The van der Waals surface area contributed by atoms with Crippen LogP contribution in [0.2, 0.25) is 0 Å². The van der Waals surface area contributed by atoms with Gasteiger partial charge in [-0.2, -0.15) is 0 Å². The summed E-state index contributed by atoms with van der Waals surface area (Å²) in [6, 6.07) is 82.2. The SMILES string of the molecule is c1ccc(N(c2ccc3c(c2)Sc2ccccc2C32c3ccccc3-c3ccccc32)c2cc(-c3ccc(-c4cccc5ccccc45)cc3)c3oc4ccccc4c3c2)cc1. The van der Waals surface area contributed by atoms with Gasteiger partial charge in [-0.15, -0.1) is 0 Å². The van der Waals surface area contributed by atoms with E-state index in [-0.39, 0.29) is 0 Å². The zero-order valence-corrected chi connectivity index (χ0v) is 34.4. The number of para-hydroxylation sites is 2. The Hall–Kier alpha value is -7.59. The van der Waals surface area contributed by atoms with Gasteiger partial charge in [0.2, 0.25) is 0 Å². The Balaban J connectivity index is 1.02. The van der Waals surface area contributed by atoms with Gasteiger partial charge < -0.3 is 9.32 Å². The third-order valence-corrected chi connectivity index (χ3v) is 14.3. The summed E-state index contributed by atoms with van der Waals surface area (Å²) in [6.07, 6.45) is 0. The van der Waals surface area contributed by atoms with Crippen LogP contribution in [-0.4, -0.2) is 0 Å². The summed E-state index contributed by atoms with van der Waals surface area (Å²) >= 11 is 1.88. The zero-order chi connectivity index (χ0) is 40.8. The van der Waals surface area contributed by atoms with E-state index in [1.165, 1.54) is 65.1 Å². The van der Waals surface area contributed by atoms with E-state index >= 15 is 0 Å². The molecule has 2 aliphatic rings. The van der Waals surface area contributed by atoms with Crippen LogP contribution in [-0.2, 0) is 5.41 Å². The van der Waals surface area contributed by atoms with Gasteiger partial charge >= 0.3 is 0 Å². The molecule has 1 aromatic heterocycles. The van der Waals surface area contributed by atoms with Gasteiger partial charge in [0.1, 0.15) is 11.2 Å². The molecule has 0 amide bonds. The number of hydrogen-bond acceptors (Lipinski definition) is 3. The molecule has 290 valence electrons. The summed E-state index contributed by atoms with van der Waals surface area (Å²) in [7, 11) is 0. The highest BCUT2D eigenvalue weighted by Crippen LogP contribution is 2.62. The van der Waals surface area contributed by atoms with Crippen molar-refractivity contribution in [1.82, 2.24) is 0 Å². The Morgan fingerprint density at radius 2 is 0.952 bits per heavy atom.